The first-order chi connectivity index (χ1) is 9.74. The third kappa shape index (κ3) is 3.73. The summed E-state index contributed by atoms with van der Waals surface area (Å²) < 4.78 is 4.84. The zero-order valence-electron chi connectivity index (χ0n) is 12.4. The summed E-state index contributed by atoms with van der Waals surface area (Å²) in [5.74, 6) is -0.205. The van der Waals surface area contributed by atoms with Crippen molar-refractivity contribution in [3.8, 4) is 0 Å². The number of nitrogens with zero attached hydrogens (tertiary/aromatic N) is 1. The molecule has 0 radical (unpaired) electrons. The van der Waals surface area contributed by atoms with E-state index in [1.54, 1.807) is 0 Å². The van der Waals surface area contributed by atoms with Gasteiger partial charge in [-0.05, 0) is 44.0 Å². The molecule has 110 valence electrons. The third-order valence-electron chi connectivity index (χ3n) is 3.83. The van der Waals surface area contributed by atoms with E-state index in [0.717, 1.165) is 12.2 Å². The number of para-hydroxylation sites is 1. The van der Waals surface area contributed by atoms with Crippen molar-refractivity contribution in [3.05, 3.63) is 29.8 Å². The Hall–Kier alpha value is -1.55. The largest absolute Gasteiger partial charge is 0.467 e. The van der Waals surface area contributed by atoms with Gasteiger partial charge in [-0.1, -0.05) is 25.1 Å². The summed E-state index contributed by atoms with van der Waals surface area (Å²) in [5.41, 5.74) is 2.29. The third-order valence-corrected chi connectivity index (χ3v) is 3.83. The van der Waals surface area contributed by atoms with Gasteiger partial charge >= 0.3 is 5.97 Å². The molecular weight excluding hydrogens is 252 g/mol. The van der Waals surface area contributed by atoms with Crippen LogP contribution >= 0.6 is 0 Å². The highest BCUT2D eigenvalue weighted by atomic mass is 16.5. The average molecular weight is 276 g/mol. The normalized spacial score (nSPS) is 16.9. The summed E-state index contributed by atoms with van der Waals surface area (Å²) in [4.78, 5) is 14.2. The van der Waals surface area contributed by atoms with Gasteiger partial charge in [-0.3, -0.25) is 4.90 Å². The number of hydrogen-bond donors (Lipinski definition) is 1. The molecule has 4 heteroatoms. The van der Waals surface area contributed by atoms with Gasteiger partial charge in [0, 0.05) is 12.2 Å². The van der Waals surface area contributed by atoms with E-state index in [2.05, 4.69) is 22.3 Å². The number of hydrogen-bond acceptors (Lipinski definition) is 4. The van der Waals surface area contributed by atoms with Gasteiger partial charge < -0.3 is 10.1 Å². The fourth-order valence-electron chi connectivity index (χ4n) is 2.64. The molecule has 1 aromatic carbocycles. The molecule has 1 N–H and O–H groups in total. The molecule has 1 aliphatic rings. The second-order valence-corrected chi connectivity index (χ2v) is 5.27. The van der Waals surface area contributed by atoms with Crippen molar-refractivity contribution >= 4 is 11.7 Å². The van der Waals surface area contributed by atoms with Crippen molar-refractivity contribution < 1.29 is 9.53 Å². The molecule has 0 amide bonds. The minimum Gasteiger partial charge on any atom is -0.467 e. The van der Waals surface area contributed by atoms with E-state index in [0.29, 0.717) is 6.42 Å². The second kappa shape index (κ2) is 7.29. The first-order valence-corrected chi connectivity index (χ1v) is 7.39. The molecule has 0 spiro atoms. The number of anilines is 1. The summed E-state index contributed by atoms with van der Waals surface area (Å²) in [6.45, 7) is 5.27. The Bertz CT molecular complexity index is 442. The first-order valence-electron chi connectivity index (χ1n) is 7.39. The zero-order chi connectivity index (χ0) is 14.4. The number of rotatable bonds is 6. The van der Waals surface area contributed by atoms with Crippen LogP contribution in [-0.4, -0.2) is 37.1 Å². The first kappa shape index (κ1) is 14.9. The van der Waals surface area contributed by atoms with Gasteiger partial charge in [0.1, 0.15) is 6.04 Å². The lowest BCUT2D eigenvalue weighted by Crippen LogP contribution is -2.30. The Morgan fingerprint density at radius 3 is 2.70 bits per heavy atom. The van der Waals surface area contributed by atoms with E-state index < -0.39 is 0 Å². The van der Waals surface area contributed by atoms with Crippen LogP contribution < -0.4 is 5.32 Å². The van der Waals surface area contributed by atoms with Crippen LogP contribution in [0, 0.1) is 0 Å². The molecule has 1 atom stereocenters. The summed E-state index contributed by atoms with van der Waals surface area (Å²) >= 11 is 0. The van der Waals surface area contributed by atoms with E-state index in [1.807, 2.05) is 19.1 Å². The van der Waals surface area contributed by atoms with E-state index in [4.69, 9.17) is 4.74 Å². The van der Waals surface area contributed by atoms with Crippen LogP contribution in [-0.2, 0) is 16.1 Å². The molecule has 1 aliphatic heterocycles. The van der Waals surface area contributed by atoms with Gasteiger partial charge in [0.25, 0.3) is 0 Å². The summed E-state index contributed by atoms with van der Waals surface area (Å²) in [5, 5.41) is 3.32. The highest BCUT2D eigenvalue weighted by Crippen LogP contribution is 2.21. The molecule has 1 fully saturated rings. The Labute approximate surface area is 121 Å². The monoisotopic (exact) mass is 276 g/mol. The predicted molar refractivity (Wildman–Crippen MR) is 80.7 cm³/mol. The lowest BCUT2D eigenvalue weighted by atomic mass is 10.1. The fraction of sp³-hybridized carbons (Fsp3) is 0.562. The van der Waals surface area contributed by atoms with Crippen molar-refractivity contribution in [2.45, 2.75) is 38.8 Å². The molecule has 1 aromatic rings. The lowest BCUT2D eigenvalue weighted by molar-refractivity contribution is -0.141. The van der Waals surface area contributed by atoms with Crippen molar-refractivity contribution in [3.63, 3.8) is 0 Å². The van der Waals surface area contributed by atoms with Crippen LogP contribution in [0.1, 0.15) is 31.7 Å². The summed E-state index contributed by atoms with van der Waals surface area (Å²) in [6.07, 6.45) is 3.29. The van der Waals surface area contributed by atoms with Crippen molar-refractivity contribution in [1.29, 1.82) is 0 Å². The summed E-state index contributed by atoms with van der Waals surface area (Å²) in [6, 6.07) is 7.94. The zero-order valence-corrected chi connectivity index (χ0v) is 12.4. The maximum atomic E-state index is 11.7. The molecule has 20 heavy (non-hydrogen) atoms. The molecule has 4 nitrogen and oxygen atoms in total. The van der Waals surface area contributed by atoms with E-state index in [1.165, 1.54) is 38.6 Å². The number of ether oxygens (including phenoxy) is 1. The van der Waals surface area contributed by atoms with Crippen LogP contribution in [0.2, 0.25) is 0 Å². The number of benzene rings is 1. The maximum absolute atomic E-state index is 11.7. The molecule has 2 rings (SSSR count). The number of methoxy groups -OCH3 is 1. The number of esters is 1. The minimum atomic E-state index is -0.278. The number of nitrogens with one attached hydrogen (secondary N) is 1. The SMILES string of the molecule is CCC(Nc1ccccc1CN1CCCC1)C(=O)OC. The second-order valence-electron chi connectivity index (χ2n) is 5.27. The maximum Gasteiger partial charge on any atom is 0.328 e. The molecule has 1 unspecified atom stereocenters. The Balaban J connectivity index is 2.08. The molecule has 0 saturated carbocycles. The van der Waals surface area contributed by atoms with Gasteiger partial charge in [0.2, 0.25) is 0 Å². The van der Waals surface area contributed by atoms with Gasteiger partial charge in [-0.2, -0.15) is 0 Å². The van der Waals surface area contributed by atoms with Gasteiger partial charge in [-0.15, -0.1) is 0 Å². The molecule has 0 aliphatic carbocycles. The molecule has 1 heterocycles. The summed E-state index contributed by atoms with van der Waals surface area (Å²) in [7, 11) is 1.43. The fourth-order valence-corrected chi connectivity index (χ4v) is 2.64. The number of carbonyl (C=O) groups is 1. The van der Waals surface area contributed by atoms with Crippen molar-refractivity contribution in [1.82, 2.24) is 4.90 Å². The molecule has 0 aromatic heterocycles. The highest BCUT2D eigenvalue weighted by molar-refractivity contribution is 5.79. The van der Waals surface area contributed by atoms with Crippen LogP contribution in [0.5, 0.6) is 0 Å². The lowest BCUT2D eigenvalue weighted by Gasteiger charge is -2.21. The topological polar surface area (TPSA) is 41.6 Å². The standard InChI is InChI=1S/C16H24N2O2/c1-3-14(16(19)20-2)17-15-9-5-4-8-13(15)12-18-10-6-7-11-18/h4-5,8-9,14,17H,3,6-7,10-12H2,1-2H3. The quantitative estimate of drug-likeness (QED) is 0.811. The van der Waals surface area contributed by atoms with Gasteiger partial charge in [-0.25, -0.2) is 4.79 Å². The minimum absolute atomic E-state index is 0.205. The molecule has 1 saturated heterocycles. The highest BCUT2D eigenvalue weighted by Gasteiger charge is 2.19. The van der Waals surface area contributed by atoms with Crippen molar-refractivity contribution in [2.75, 3.05) is 25.5 Å². The van der Waals surface area contributed by atoms with Gasteiger partial charge in [0.15, 0.2) is 0 Å². The van der Waals surface area contributed by atoms with E-state index in [9.17, 15) is 4.79 Å². The van der Waals surface area contributed by atoms with Crippen LogP contribution in [0.15, 0.2) is 24.3 Å². The number of carbonyl (C=O) groups excluding carboxylic acids is 1. The van der Waals surface area contributed by atoms with Crippen LogP contribution in [0.25, 0.3) is 0 Å². The number of likely N-dealkylation sites (tertiary alicyclic amines) is 1. The smallest absolute Gasteiger partial charge is 0.328 e. The Morgan fingerprint density at radius 1 is 1.35 bits per heavy atom. The van der Waals surface area contributed by atoms with Gasteiger partial charge in [0.05, 0.1) is 7.11 Å². The predicted octanol–water partition coefficient (Wildman–Crippen LogP) is 2.65. The molecular formula is C16H24N2O2. The van der Waals surface area contributed by atoms with Crippen LogP contribution in [0.4, 0.5) is 5.69 Å². The van der Waals surface area contributed by atoms with E-state index in [-0.39, 0.29) is 12.0 Å². The Kier molecular flexibility index (Phi) is 5.41. The van der Waals surface area contributed by atoms with E-state index >= 15 is 0 Å². The average Bonchev–Trinajstić information content (AvgIpc) is 2.98. The van der Waals surface area contributed by atoms with Crippen molar-refractivity contribution in [2.24, 2.45) is 0 Å². The molecule has 0 bridgehead atoms. The van der Waals surface area contributed by atoms with Crippen LogP contribution in [0.3, 0.4) is 0 Å². The Morgan fingerprint density at radius 2 is 2.05 bits per heavy atom.